The van der Waals surface area contributed by atoms with Gasteiger partial charge in [0, 0.05) is 18.8 Å². The van der Waals surface area contributed by atoms with Crippen LogP contribution < -0.4 is 0 Å². The van der Waals surface area contributed by atoms with Crippen LogP contribution in [-0.2, 0) is 0 Å². The molecule has 0 amide bonds. The molecule has 0 N–H and O–H groups in total. The molecule has 0 unspecified atom stereocenters. The molecule has 4 nitrogen and oxygen atoms in total. The molecule has 0 aliphatic carbocycles. The highest BCUT2D eigenvalue weighted by molar-refractivity contribution is 5.54. The molecule has 1 aliphatic rings. The average molecular weight is 226 g/mol. The van der Waals surface area contributed by atoms with Gasteiger partial charge < -0.3 is 4.90 Å². The SMILES string of the molecule is CC(=C(C#N)C#N)/C(C#N)=C(\C)N1CCCC1. The first-order valence-electron chi connectivity index (χ1n) is 5.53. The number of nitriles is 3. The summed E-state index contributed by atoms with van der Waals surface area (Å²) in [7, 11) is 0. The molecular weight excluding hydrogens is 212 g/mol. The zero-order valence-electron chi connectivity index (χ0n) is 10.1. The van der Waals surface area contributed by atoms with Gasteiger partial charge in [0.05, 0.1) is 5.57 Å². The van der Waals surface area contributed by atoms with E-state index >= 15 is 0 Å². The zero-order chi connectivity index (χ0) is 12.8. The number of rotatable bonds is 2. The van der Waals surface area contributed by atoms with Crippen molar-refractivity contribution in [1.82, 2.24) is 4.90 Å². The van der Waals surface area contributed by atoms with E-state index in [1.807, 2.05) is 19.1 Å². The van der Waals surface area contributed by atoms with Gasteiger partial charge in [0.15, 0.2) is 0 Å². The fourth-order valence-electron chi connectivity index (χ4n) is 1.96. The van der Waals surface area contributed by atoms with E-state index in [1.165, 1.54) is 0 Å². The van der Waals surface area contributed by atoms with E-state index in [4.69, 9.17) is 10.5 Å². The second kappa shape index (κ2) is 5.73. The maximum absolute atomic E-state index is 9.18. The largest absolute Gasteiger partial charge is 0.374 e. The van der Waals surface area contributed by atoms with Gasteiger partial charge in [-0.2, -0.15) is 15.8 Å². The Morgan fingerprint density at radius 3 is 1.88 bits per heavy atom. The smallest absolute Gasteiger partial charge is 0.133 e. The van der Waals surface area contributed by atoms with Gasteiger partial charge in [-0.05, 0) is 32.3 Å². The highest BCUT2D eigenvalue weighted by Gasteiger charge is 2.17. The zero-order valence-corrected chi connectivity index (χ0v) is 10.1. The third-order valence-electron chi connectivity index (χ3n) is 3.03. The summed E-state index contributed by atoms with van der Waals surface area (Å²) in [6, 6.07) is 5.76. The Balaban J connectivity index is 3.21. The van der Waals surface area contributed by atoms with E-state index in [1.54, 1.807) is 6.92 Å². The van der Waals surface area contributed by atoms with E-state index in [-0.39, 0.29) is 5.57 Å². The monoisotopic (exact) mass is 226 g/mol. The highest BCUT2D eigenvalue weighted by Crippen LogP contribution is 2.22. The van der Waals surface area contributed by atoms with Gasteiger partial charge >= 0.3 is 0 Å². The van der Waals surface area contributed by atoms with Gasteiger partial charge in [-0.1, -0.05) is 0 Å². The van der Waals surface area contributed by atoms with E-state index in [9.17, 15) is 5.26 Å². The van der Waals surface area contributed by atoms with Gasteiger partial charge in [0.1, 0.15) is 23.8 Å². The predicted octanol–water partition coefficient (Wildman–Crippen LogP) is 2.24. The molecule has 1 saturated heterocycles. The normalized spacial score (nSPS) is 15.4. The molecule has 1 fully saturated rings. The molecule has 17 heavy (non-hydrogen) atoms. The number of hydrogen-bond donors (Lipinski definition) is 0. The summed E-state index contributed by atoms with van der Waals surface area (Å²) >= 11 is 0. The minimum absolute atomic E-state index is 0.0140. The second-order valence-electron chi connectivity index (χ2n) is 3.99. The van der Waals surface area contributed by atoms with Crippen LogP contribution in [0.1, 0.15) is 26.7 Å². The van der Waals surface area contributed by atoms with Crippen molar-refractivity contribution in [2.24, 2.45) is 0 Å². The number of hydrogen-bond acceptors (Lipinski definition) is 4. The summed E-state index contributed by atoms with van der Waals surface area (Å²) in [4.78, 5) is 2.13. The maximum atomic E-state index is 9.18. The van der Waals surface area contributed by atoms with Crippen molar-refractivity contribution in [2.45, 2.75) is 26.7 Å². The number of nitrogens with zero attached hydrogens (tertiary/aromatic N) is 4. The first-order chi connectivity index (χ1) is 8.15. The molecule has 86 valence electrons. The second-order valence-corrected chi connectivity index (χ2v) is 3.99. The lowest BCUT2D eigenvalue weighted by molar-refractivity contribution is 0.425. The third-order valence-corrected chi connectivity index (χ3v) is 3.03. The van der Waals surface area contributed by atoms with Crippen molar-refractivity contribution in [3.05, 3.63) is 22.4 Å². The van der Waals surface area contributed by atoms with Gasteiger partial charge in [-0.15, -0.1) is 0 Å². The Morgan fingerprint density at radius 1 is 0.941 bits per heavy atom. The Morgan fingerprint density at radius 2 is 1.47 bits per heavy atom. The van der Waals surface area contributed by atoms with Gasteiger partial charge in [-0.3, -0.25) is 0 Å². The minimum Gasteiger partial charge on any atom is -0.374 e. The van der Waals surface area contributed by atoms with Crippen LogP contribution in [0.2, 0.25) is 0 Å². The topological polar surface area (TPSA) is 74.6 Å². The van der Waals surface area contributed by atoms with Gasteiger partial charge in [-0.25, -0.2) is 0 Å². The minimum atomic E-state index is 0.0140. The fourth-order valence-corrected chi connectivity index (χ4v) is 1.96. The first kappa shape index (κ1) is 12.8. The summed E-state index contributed by atoms with van der Waals surface area (Å²) in [5.41, 5.74) is 1.80. The molecule has 0 aromatic heterocycles. The standard InChI is InChI=1S/C13H14N4/c1-10(12(7-14)8-15)13(9-16)11(2)17-5-3-4-6-17/h3-6H2,1-2H3/b13-11+. The Hall–Kier alpha value is -2.25. The van der Waals surface area contributed by atoms with E-state index in [0.29, 0.717) is 11.1 Å². The van der Waals surface area contributed by atoms with Crippen LogP contribution in [0.3, 0.4) is 0 Å². The third kappa shape index (κ3) is 2.65. The molecule has 0 radical (unpaired) electrons. The summed E-state index contributed by atoms with van der Waals surface area (Å²) in [5.74, 6) is 0. The van der Waals surface area contributed by atoms with E-state index in [2.05, 4.69) is 11.0 Å². The maximum Gasteiger partial charge on any atom is 0.133 e. The van der Waals surface area contributed by atoms with Crippen molar-refractivity contribution in [2.75, 3.05) is 13.1 Å². The first-order valence-corrected chi connectivity index (χ1v) is 5.53. The Kier molecular flexibility index (Phi) is 4.32. The lowest BCUT2D eigenvalue weighted by atomic mass is 10.0. The summed E-state index contributed by atoms with van der Waals surface area (Å²) in [6.07, 6.45) is 2.25. The number of allylic oxidation sites excluding steroid dienone is 4. The van der Waals surface area contributed by atoms with Gasteiger partial charge in [0.25, 0.3) is 0 Å². The Labute approximate surface area is 102 Å². The Bertz CT molecular complexity index is 469. The molecular formula is C13H14N4. The van der Waals surface area contributed by atoms with E-state index in [0.717, 1.165) is 31.6 Å². The van der Waals surface area contributed by atoms with Crippen LogP contribution in [-0.4, -0.2) is 18.0 Å². The van der Waals surface area contributed by atoms with Crippen LogP contribution in [0.4, 0.5) is 0 Å². The van der Waals surface area contributed by atoms with Crippen molar-refractivity contribution in [3.63, 3.8) is 0 Å². The summed E-state index contributed by atoms with van der Waals surface area (Å²) in [5, 5.41) is 26.8. The molecule has 0 bridgehead atoms. The molecule has 1 aliphatic heterocycles. The predicted molar refractivity (Wildman–Crippen MR) is 63.0 cm³/mol. The molecule has 4 heteroatoms. The molecule has 0 aromatic rings. The lowest BCUT2D eigenvalue weighted by Crippen LogP contribution is -2.18. The van der Waals surface area contributed by atoms with Crippen LogP contribution in [0.5, 0.6) is 0 Å². The molecule has 1 heterocycles. The summed E-state index contributed by atoms with van der Waals surface area (Å²) in [6.45, 7) is 5.41. The van der Waals surface area contributed by atoms with Crippen molar-refractivity contribution in [3.8, 4) is 18.2 Å². The van der Waals surface area contributed by atoms with Crippen LogP contribution in [0.15, 0.2) is 22.4 Å². The lowest BCUT2D eigenvalue weighted by Gasteiger charge is -2.20. The molecule has 0 saturated carbocycles. The van der Waals surface area contributed by atoms with Crippen LogP contribution in [0, 0.1) is 34.0 Å². The van der Waals surface area contributed by atoms with Gasteiger partial charge in [0.2, 0.25) is 0 Å². The van der Waals surface area contributed by atoms with Crippen molar-refractivity contribution >= 4 is 0 Å². The van der Waals surface area contributed by atoms with E-state index < -0.39 is 0 Å². The average Bonchev–Trinajstić information content (AvgIpc) is 2.85. The molecule has 1 rings (SSSR count). The number of likely N-dealkylation sites (tertiary alicyclic amines) is 1. The molecule has 0 atom stereocenters. The molecule has 0 spiro atoms. The summed E-state index contributed by atoms with van der Waals surface area (Å²) < 4.78 is 0. The fraction of sp³-hybridized carbons (Fsp3) is 0.462. The van der Waals surface area contributed by atoms with Crippen molar-refractivity contribution < 1.29 is 0 Å². The van der Waals surface area contributed by atoms with Crippen molar-refractivity contribution in [1.29, 1.82) is 15.8 Å². The quantitative estimate of drug-likeness (QED) is 0.534. The van der Waals surface area contributed by atoms with Crippen LogP contribution in [0.25, 0.3) is 0 Å². The van der Waals surface area contributed by atoms with Crippen LogP contribution >= 0.6 is 0 Å². The molecule has 0 aromatic carbocycles. The highest BCUT2D eigenvalue weighted by atomic mass is 15.1.